The summed E-state index contributed by atoms with van der Waals surface area (Å²) in [5.41, 5.74) is 1.60. The second-order valence-corrected chi connectivity index (χ2v) is 7.21. The fourth-order valence-electron chi connectivity index (χ4n) is 2.51. The molecule has 0 aliphatic carbocycles. The predicted molar refractivity (Wildman–Crippen MR) is 97.2 cm³/mol. The standard InChI is InChI=1S/C19H25N3O4/c1-13-15(12-21(5)18(25)26-19(2,3)4)22(20-16(13)17(23)24)11-14-9-7-6-8-10-14/h6-10H,11-12H2,1-5H3,(H,23,24). The molecule has 0 aliphatic heterocycles. The Bertz CT molecular complexity index is 791. The molecule has 0 unspecified atom stereocenters. The van der Waals surface area contributed by atoms with Gasteiger partial charge < -0.3 is 14.7 Å². The molecule has 7 nitrogen and oxygen atoms in total. The Balaban J connectivity index is 2.30. The zero-order chi connectivity index (χ0) is 19.5. The van der Waals surface area contributed by atoms with Gasteiger partial charge in [-0.1, -0.05) is 30.3 Å². The highest BCUT2D eigenvalue weighted by Gasteiger charge is 2.24. The summed E-state index contributed by atoms with van der Waals surface area (Å²) in [6, 6.07) is 9.63. The number of benzene rings is 1. The number of carboxylic acids is 1. The molecule has 0 radical (unpaired) electrons. The van der Waals surface area contributed by atoms with Crippen LogP contribution in [0.3, 0.4) is 0 Å². The van der Waals surface area contributed by atoms with Crippen molar-refractivity contribution in [2.24, 2.45) is 0 Å². The van der Waals surface area contributed by atoms with E-state index in [0.717, 1.165) is 5.56 Å². The van der Waals surface area contributed by atoms with Crippen molar-refractivity contribution in [3.05, 3.63) is 52.8 Å². The maximum absolute atomic E-state index is 12.2. The quantitative estimate of drug-likeness (QED) is 0.885. The molecule has 140 valence electrons. The number of carbonyl (C=O) groups excluding carboxylic acids is 1. The first-order valence-corrected chi connectivity index (χ1v) is 8.36. The Morgan fingerprint density at radius 2 is 1.85 bits per heavy atom. The molecule has 2 aromatic rings. The number of carbonyl (C=O) groups is 2. The second-order valence-electron chi connectivity index (χ2n) is 7.21. The molecular weight excluding hydrogens is 334 g/mol. The molecule has 0 saturated carbocycles. The first kappa shape index (κ1) is 19.5. The third-order valence-corrected chi connectivity index (χ3v) is 3.79. The van der Waals surface area contributed by atoms with Gasteiger partial charge in [0.1, 0.15) is 5.60 Å². The van der Waals surface area contributed by atoms with Gasteiger partial charge in [0.15, 0.2) is 5.69 Å². The normalized spacial score (nSPS) is 11.3. The van der Waals surface area contributed by atoms with Gasteiger partial charge in [-0.15, -0.1) is 0 Å². The molecule has 1 amide bonds. The van der Waals surface area contributed by atoms with Crippen molar-refractivity contribution in [2.45, 2.75) is 46.4 Å². The van der Waals surface area contributed by atoms with Gasteiger partial charge in [-0.2, -0.15) is 5.10 Å². The van der Waals surface area contributed by atoms with Crippen LogP contribution < -0.4 is 0 Å². The second kappa shape index (κ2) is 7.59. The Morgan fingerprint density at radius 1 is 1.23 bits per heavy atom. The number of amides is 1. The van der Waals surface area contributed by atoms with Gasteiger partial charge in [-0.25, -0.2) is 9.59 Å². The van der Waals surface area contributed by atoms with Crippen molar-refractivity contribution in [3.63, 3.8) is 0 Å². The Labute approximate surface area is 153 Å². The Morgan fingerprint density at radius 3 is 2.38 bits per heavy atom. The summed E-state index contributed by atoms with van der Waals surface area (Å²) in [5, 5.41) is 13.6. The largest absolute Gasteiger partial charge is 0.476 e. The molecule has 2 rings (SSSR count). The SMILES string of the molecule is Cc1c(C(=O)O)nn(Cc2ccccc2)c1CN(C)C(=O)OC(C)(C)C. The van der Waals surface area contributed by atoms with Crippen LogP contribution in [0.2, 0.25) is 0 Å². The van der Waals surface area contributed by atoms with E-state index < -0.39 is 17.7 Å². The lowest BCUT2D eigenvalue weighted by molar-refractivity contribution is 0.0281. The van der Waals surface area contributed by atoms with E-state index in [1.807, 2.05) is 30.3 Å². The van der Waals surface area contributed by atoms with Crippen molar-refractivity contribution in [2.75, 3.05) is 7.05 Å². The van der Waals surface area contributed by atoms with Crippen LogP contribution in [0, 0.1) is 6.92 Å². The highest BCUT2D eigenvalue weighted by Crippen LogP contribution is 2.18. The number of nitrogens with zero attached hydrogens (tertiary/aromatic N) is 3. The maximum atomic E-state index is 12.2. The van der Waals surface area contributed by atoms with E-state index in [0.29, 0.717) is 17.8 Å². The van der Waals surface area contributed by atoms with Gasteiger partial charge in [-0.05, 0) is 33.3 Å². The summed E-state index contributed by atoms with van der Waals surface area (Å²) in [6.07, 6.45) is -0.471. The first-order valence-electron chi connectivity index (χ1n) is 8.36. The number of aromatic nitrogens is 2. The average Bonchev–Trinajstić information content (AvgIpc) is 2.83. The number of rotatable bonds is 5. The van der Waals surface area contributed by atoms with E-state index in [2.05, 4.69) is 5.10 Å². The fraction of sp³-hybridized carbons (Fsp3) is 0.421. The van der Waals surface area contributed by atoms with Crippen molar-refractivity contribution in [1.82, 2.24) is 14.7 Å². The Hall–Kier alpha value is -2.83. The average molecular weight is 359 g/mol. The third-order valence-electron chi connectivity index (χ3n) is 3.79. The lowest BCUT2D eigenvalue weighted by Crippen LogP contribution is -2.34. The number of carboxylic acid groups (broad SMARTS) is 1. The van der Waals surface area contributed by atoms with Crippen LogP contribution in [0.25, 0.3) is 0 Å². The van der Waals surface area contributed by atoms with Crippen LogP contribution in [-0.2, 0) is 17.8 Å². The lowest BCUT2D eigenvalue weighted by Gasteiger charge is -2.25. The van der Waals surface area contributed by atoms with E-state index in [1.165, 1.54) is 4.90 Å². The van der Waals surface area contributed by atoms with Crippen LogP contribution in [0.4, 0.5) is 4.79 Å². The smallest absolute Gasteiger partial charge is 0.410 e. The zero-order valence-electron chi connectivity index (χ0n) is 15.8. The molecule has 1 heterocycles. The minimum Gasteiger partial charge on any atom is -0.476 e. The zero-order valence-corrected chi connectivity index (χ0v) is 15.8. The summed E-state index contributed by atoms with van der Waals surface area (Å²) in [7, 11) is 1.62. The van der Waals surface area contributed by atoms with Crippen molar-refractivity contribution in [1.29, 1.82) is 0 Å². The summed E-state index contributed by atoms with van der Waals surface area (Å²) in [6.45, 7) is 7.72. The van der Waals surface area contributed by atoms with Crippen LogP contribution >= 0.6 is 0 Å². The molecule has 1 N–H and O–H groups in total. The number of aromatic carboxylic acids is 1. The summed E-state index contributed by atoms with van der Waals surface area (Å²) in [5.74, 6) is -1.09. The van der Waals surface area contributed by atoms with Gasteiger partial charge in [0.2, 0.25) is 0 Å². The maximum Gasteiger partial charge on any atom is 0.410 e. The molecule has 1 aromatic heterocycles. The van der Waals surface area contributed by atoms with Gasteiger partial charge in [0.05, 0.1) is 18.8 Å². The van der Waals surface area contributed by atoms with E-state index in [-0.39, 0.29) is 12.2 Å². The number of hydrogen-bond donors (Lipinski definition) is 1. The lowest BCUT2D eigenvalue weighted by atomic mass is 10.2. The van der Waals surface area contributed by atoms with Crippen LogP contribution in [0.15, 0.2) is 30.3 Å². The monoisotopic (exact) mass is 359 g/mol. The molecule has 0 aliphatic rings. The molecular formula is C19H25N3O4. The number of hydrogen-bond acceptors (Lipinski definition) is 4. The summed E-state index contributed by atoms with van der Waals surface area (Å²) >= 11 is 0. The molecule has 0 atom stereocenters. The van der Waals surface area contributed by atoms with Gasteiger partial charge in [0.25, 0.3) is 0 Å². The van der Waals surface area contributed by atoms with Gasteiger partial charge in [-0.3, -0.25) is 4.68 Å². The van der Waals surface area contributed by atoms with Gasteiger partial charge >= 0.3 is 12.1 Å². The highest BCUT2D eigenvalue weighted by molar-refractivity contribution is 5.87. The van der Waals surface area contributed by atoms with Crippen LogP contribution in [0.1, 0.15) is 48.1 Å². The van der Waals surface area contributed by atoms with E-state index in [9.17, 15) is 14.7 Å². The van der Waals surface area contributed by atoms with Crippen LogP contribution in [-0.4, -0.2) is 44.5 Å². The molecule has 0 saturated heterocycles. The topological polar surface area (TPSA) is 84.7 Å². The fourth-order valence-corrected chi connectivity index (χ4v) is 2.51. The van der Waals surface area contributed by atoms with E-state index in [4.69, 9.17) is 4.74 Å². The molecule has 0 bridgehead atoms. The van der Waals surface area contributed by atoms with E-state index in [1.54, 1.807) is 39.4 Å². The third kappa shape index (κ3) is 4.84. The molecule has 0 spiro atoms. The molecule has 1 aromatic carbocycles. The minimum atomic E-state index is -1.09. The summed E-state index contributed by atoms with van der Waals surface area (Å²) in [4.78, 5) is 25.1. The van der Waals surface area contributed by atoms with Crippen molar-refractivity contribution < 1.29 is 19.4 Å². The minimum absolute atomic E-state index is 0.00600. The molecule has 26 heavy (non-hydrogen) atoms. The Kier molecular flexibility index (Phi) is 5.69. The molecule has 7 heteroatoms. The predicted octanol–water partition coefficient (Wildman–Crippen LogP) is 3.30. The van der Waals surface area contributed by atoms with E-state index >= 15 is 0 Å². The summed E-state index contributed by atoms with van der Waals surface area (Å²) < 4.78 is 7.00. The van der Waals surface area contributed by atoms with Crippen LogP contribution in [0.5, 0.6) is 0 Å². The first-order chi connectivity index (χ1) is 12.1. The molecule has 0 fully saturated rings. The van der Waals surface area contributed by atoms with Crippen molar-refractivity contribution >= 4 is 12.1 Å². The number of ether oxygens (including phenoxy) is 1. The highest BCUT2D eigenvalue weighted by atomic mass is 16.6. The van der Waals surface area contributed by atoms with Gasteiger partial charge in [0, 0.05) is 12.6 Å². The van der Waals surface area contributed by atoms with Crippen molar-refractivity contribution in [3.8, 4) is 0 Å².